The number of halogens is 1. The second-order valence-corrected chi connectivity index (χ2v) is 7.44. The van der Waals surface area contributed by atoms with E-state index < -0.39 is 0 Å². The molecule has 0 aromatic rings. The van der Waals surface area contributed by atoms with Crippen LogP contribution in [0.2, 0.25) is 0 Å². The van der Waals surface area contributed by atoms with E-state index in [0.29, 0.717) is 17.3 Å². The highest BCUT2D eigenvalue weighted by molar-refractivity contribution is 5.85. The topological polar surface area (TPSA) is 55.6 Å². The molecule has 0 saturated carbocycles. The van der Waals surface area contributed by atoms with Crippen LogP contribution in [0.4, 0.5) is 0 Å². The lowest BCUT2D eigenvalue weighted by Crippen LogP contribution is -2.51. The molecule has 0 aromatic heterocycles. The summed E-state index contributed by atoms with van der Waals surface area (Å²) in [5.74, 6) is 1.17. The molecule has 2 fully saturated rings. The molecule has 2 saturated heterocycles. The fraction of sp³-hybridized carbons (Fsp3) is 0.938. The van der Waals surface area contributed by atoms with Gasteiger partial charge in [-0.1, -0.05) is 20.8 Å². The molecule has 21 heavy (non-hydrogen) atoms. The summed E-state index contributed by atoms with van der Waals surface area (Å²) in [5.41, 5.74) is 6.54. The van der Waals surface area contributed by atoms with Gasteiger partial charge in [-0.2, -0.15) is 0 Å². The number of rotatable bonds is 2. The molecule has 1 unspecified atom stereocenters. The predicted molar refractivity (Wildman–Crippen MR) is 87.5 cm³/mol. The van der Waals surface area contributed by atoms with Gasteiger partial charge in [0.05, 0.1) is 6.04 Å². The lowest BCUT2D eigenvalue weighted by molar-refractivity contribution is -0.136. The second-order valence-electron chi connectivity index (χ2n) is 7.44. The Morgan fingerprint density at radius 2 is 1.67 bits per heavy atom. The molecule has 4 nitrogen and oxygen atoms in total. The number of carbonyl (C=O) groups excluding carboxylic acids is 1. The van der Waals surface area contributed by atoms with Crippen LogP contribution in [-0.2, 0) is 9.53 Å². The Morgan fingerprint density at radius 1 is 1.14 bits per heavy atom. The third-order valence-corrected chi connectivity index (χ3v) is 5.09. The zero-order valence-corrected chi connectivity index (χ0v) is 14.5. The molecule has 0 spiro atoms. The average molecular weight is 319 g/mol. The predicted octanol–water partition coefficient (Wildman–Crippen LogP) is 2.45. The van der Waals surface area contributed by atoms with Crippen molar-refractivity contribution in [1.82, 2.24) is 4.90 Å². The van der Waals surface area contributed by atoms with Crippen LogP contribution in [0.5, 0.6) is 0 Å². The molecule has 2 aliphatic rings. The smallest absolute Gasteiger partial charge is 0.239 e. The first-order chi connectivity index (χ1) is 9.39. The van der Waals surface area contributed by atoms with Crippen molar-refractivity contribution in [3.8, 4) is 0 Å². The molecule has 2 heterocycles. The molecule has 1 atom stereocenters. The van der Waals surface area contributed by atoms with E-state index in [4.69, 9.17) is 10.5 Å². The fourth-order valence-electron chi connectivity index (χ4n) is 3.45. The minimum Gasteiger partial charge on any atom is -0.381 e. The number of amides is 1. The lowest BCUT2D eigenvalue weighted by atomic mass is 9.75. The van der Waals surface area contributed by atoms with Gasteiger partial charge in [0.25, 0.3) is 0 Å². The molecular formula is C16H31ClN2O2. The number of carbonyl (C=O) groups is 1. The van der Waals surface area contributed by atoms with Crippen molar-refractivity contribution in [1.29, 1.82) is 0 Å². The Bertz CT molecular complexity index is 330. The van der Waals surface area contributed by atoms with Crippen molar-refractivity contribution in [3.05, 3.63) is 0 Å². The Hall–Kier alpha value is -0.320. The standard InChI is InChI=1S/C16H30N2O2.ClH/c1-16(2,3)13-4-8-18(9-5-13)15(19)14(17)12-6-10-20-11-7-12;/h12-14H,4-11,17H2,1-3H3;1H. The summed E-state index contributed by atoms with van der Waals surface area (Å²) in [5, 5.41) is 0. The van der Waals surface area contributed by atoms with Crippen LogP contribution in [-0.4, -0.2) is 43.2 Å². The van der Waals surface area contributed by atoms with E-state index in [2.05, 4.69) is 20.8 Å². The van der Waals surface area contributed by atoms with Crippen LogP contribution < -0.4 is 5.73 Å². The van der Waals surface area contributed by atoms with Crippen molar-refractivity contribution in [2.45, 2.75) is 52.5 Å². The first kappa shape index (κ1) is 18.7. The Labute approximate surface area is 135 Å². The van der Waals surface area contributed by atoms with Gasteiger partial charge in [0.2, 0.25) is 5.91 Å². The molecule has 0 radical (unpaired) electrons. The number of nitrogens with zero attached hydrogens (tertiary/aromatic N) is 1. The van der Waals surface area contributed by atoms with Crippen LogP contribution in [0.25, 0.3) is 0 Å². The van der Waals surface area contributed by atoms with Crippen molar-refractivity contribution in [2.75, 3.05) is 26.3 Å². The first-order valence-electron chi connectivity index (χ1n) is 8.01. The van der Waals surface area contributed by atoms with E-state index in [9.17, 15) is 4.79 Å². The van der Waals surface area contributed by atoms with E-state index in [1.165, 1.54) is 0 Å². The van der Waals surface area contributed by atoms with Gasteiger partial charge in [0, 0.05) is 26.3 Å². The van der Waals surface area contributed by atoms with E-state index in [1.54, 1.807) is 0 Å². The quantitative estimate of drug-likeness (QED) is 0.851. The molecule has 2 aliphatic heterocycles. The Morgan fingerprint density at radius 3 is 2.14 bits per heavy atom. The number of hydrogen-bond acceptors (Lipinski definition) is 3. The largest absolute Gasteiger partial charge is 0.381 e. The van der Waals surface area contributed by atoms with Gasteiger partial charge in [-0.3, -0.25) is 4.79 Å². The molecule has 2 N–H and O–H groups in total. The maximum atomic E-state index is 12.5. The number of ether oxygens (including phenoxy) is 1. The first-order valence-corrected chi connectivity index (χ1v) is 8.01. The highest BCUT2D eigenvalue weighted by atomic mass is 35.5. The Balaban J connectivity index is 0.00000220. The van der Waals surface area contributed by atoms with Crippen molar-refractivity contribution >= 4 is 18.3 Å². The van der Waals surface area contributed by atoms with E-state index in [1.807, 2.05) is 4.90 Å². The third kappa shape index (κ3) is 4.83. The lowest BCUT2D eigenvalue weighted by Gasteiger charge is -2.40. The average Bonchev–Trinajstić information content (AvgIpc) is 2.46. The minimum absolute atomic E-state index is 0. The Kier molecular flexibility index (Phi) is 6.95. The summed E-state index contributed by atoms with van der Waals surface area (Å²) in [6.07, 6.45) is 4.06. The highest BCUT2D eigenvalue weighted by Gasteiger charge is 2.34. The van der Waals surface area contributed by atoms with Crippen molar-refractivity contribution in [2.24, 2.45) is 23.0 Å². The van der Waals surface area contributed by atoms with Gasteiger partial charge < -0.3 is 15.4 Å². The van der Waals surface area contributed by atoms with Gasteiger partial charge >= 0.3 is 0 Å². The van der Waals surface area contributed by atoms with E-state index in [-0.39, 0.29) is 24.4 Å². The molecular weight excluding hydrogens is 288 g/mol. The van der Waals surface area contributed by atoms with Gasteiger partial charge in [-0.25, -0.2) is 0 Å². The third-order valence-electron chi connectivity index (χ3n) is 5.09. The number of hydrogen-bond donors (Lipinski definition) is 1. The number of nitrogens with two attached hydrogens (primary N) is 1. The highest BCUT2D eigenvalue weighted by Crippen LogP contribution is 2.34. The van der Waals surface area contributed by atoms with Crippen LogP contribution >= 0.6 is 12.4 Å². The maximum Gasteiger partial charge on any atom is 0.239 e. The molecule has 5 heteroatoms. The fourth-order valence-corrected chi connectivity index (χ4v) is 3.45. The zero-order valence-electron chi connectivity index (χ0n) is 13.6. The zero-order chi connectivity index (χ0) is 14.8. The SMILES string of the molecule is CC(C)(C)C1CCN(C(=O)C(N)C2CCOCC2)CC1.Cl. The number of likely N-dealkylation sites (tertiary alicyclic amines) is 1. The van der Waals surface area contributed by atoms with Gasteiger partial charge in [0.15, 0.2) is 0 Å². The molecule has 1 amide bonds. The second kappa shape index (κ2) is 7.80. The van der Waals surface area contributed by atoms with Crippen LogP contribution in [0.3, 0.4) is 0 Å². The minimum atomic E-state index is -0.329. The summed E-state index contributed by atoms with van der Waals surface area (Å²) in [7, 11) is 0. The summed E-state index contributed by atoms with van der Waals surface area (Å²) < 4.78 is 5.35. The van der Waals surface area contributed by atoms with E-state index >= 15 is 0 Å². The van der Waals surface area contributed by atoms with Gasteiger partial charge in [0.1, 0.15) is 0 Å². The summed E-state index contributed by atoms with van der Waals surface area (Å²) in [4.78, 5) is 14.5. The summed E-state index contributed by atoms with van der Waals surface area (Å²) >= 11 is 0. The number of piperidine rings is 1. The molecule has 0 bridgehead atoms. The van der Waals surface area contributed by atoms with Crippen molar-refractivity contribution < 1.29 is 9.53 Å². The molecule has 124 valence electrons. The van der Waals surface area contributed by atoms with E-state index in [0.717, 1.165) is 52.0 Å². The van der Waals surface area contributed by atoms with Crippen LogP contribution in [0, 0.1) is 17.3 Å². The maximum absolute atomic E-state index is 12.5. The normalized spacial score (nSPS) is 23.5. The van der Waals surface area contributed by atoms with Crippen LogP contribution in [0.15, 0.2) is 0 Å². The summed E-state index contributed by atoms with van der Waals surface area (Å²) in [6, 6.07) is -0.329. The van der Waals surface area contributed by atoms with Crippen molar-refractivity contribution in [3.63, 3.8) is 0 Å². The monoisotopic (exact) mass is 318 g/mol. The molecule has 0 aromatic carbocycles. The molecule has 2 rings (SSSR count). The van der Waals surface area contributed by atoms with Gasteiger partial charge in [-0.05, 0) is 42.9 Å². The van der Waals surface area contributed by atoms with Gasteiger partial charge in [-0.15, -0.1) is 12.4 Å². The molecule has 0 aliphatic carbocycles. The summed E-state index contributed by atoms with van der Waals surface area (Å²) in [6.45, 7) is 10.1. The van der Waals surface area contributed by atoms with Crippen LogP contribution in [0.1, 0.15) is 46.5 Å².